The van der Waals surface area contributed by atoms with E-state index in [0.29, 0.717) is 6.54 Å². The van der Waals surface area contributed by atoms with Crippen LogP contribution in [0.5, 0.6) is 5.75 Å². The maximum Gasteiger partial charge on any atom is 0.168 e. The number of methoxy groups -OCH3 is 1. The molecule has 136 valence electrons. The second-order valence-corrected chi connectivity index (χ2v) is 6.69. The minimum Gasteiger partial charge on any atom is -0.497 e. The quantitative estimate of drug-likeness (QED) is 0.764. The van der Waals surface area contributed by atoms with Crippen molar-refractivity contribution in [3.05, 3.63) is 35.7 Å². The molecule has 7 nitrogen and oxygen atoms in total. The average molecular weight is 344 g/mol. The van der Waals surface area contributed by atoms with Gasteiger partial charge in [0.1, 0.15) is 5.75 Å². The van der Waals surface area contributed by atoms with Crippen LogP contribution in [0, 0.1) is 0 Å². The fraction of sp³-hybridized carbons (Fsp3) is 0.611. The van der Waals surface area contributed by atoms with Gasteiger partial charge in [-0.2, -0.15) is 0 Å². The molecule has 0 aliphatic carbocycles. The van der Waals surface area contributed by atoms with Gasteiger partial charge in [0.05, 0.1) is 19.7 Å². The van der Waals surface area contributed by atoms with Crippen LogP contribution in [0.3, 0.4) is 0 Å². The standard InChI is InChI=1S/C18H28N6O/c1-4-5-17(23-12-10-22(2)11-13-23)18-19-20-21-24(18)14-15-6-8-16(25-3)9-7-15/h6-9,17H,4-5,10-14H2,1-3H3/t17-/m0/s1. The van der Waals surface area contributed by atoms with Crippen molar-refractivity contribution in [3.8, 4) is 5.75 Å². The lowest BCUT2D eigenvalue weighted by Crippen LogP contribution is -2.46. The molecule has 2 aromatic rings. The summed E-state index contributed by atoms with van der Waals surface area (Å²) in [5.74, 6) is 1.84. The minimum absolute atomic E-state index is 0.284. The number of hydrogen-bond donors (Lipinski definition) is 0. The van der Waals surface area contributed by atoms with Gasteiger partial charge in [0.15, 0.2) is 5.82 Å². The number of aromatic nitrogens is 4. The summed E-state index contributed by atoms with van der Waals surface area (Å²) in [6.45, 7) is 7.23. The molecule has 0 radical (unpaired) electrons. The van der Waals surface area contributed by atoms with Crippen LogP contribution in [-0.4, -0.2) is 70.3 Å². The van der Waals surface area contributed by atoms with E-state index >= 15 is 0 Å². The predicted octanol–water partition coefficient (Wildman–Crippen LogP) is 1.82. The van der Waals surface area contributed by atoms with Gasteiger partial charge in [0.2, 0.25) is 0 Å². The van der Waals surface area contributed by atoms with Crippen LogP contribution in [0.15, 0.2) is 24.3 Å². The zero-order valence-electron chi connectivity index (χ0n) is 15.4. The molecule has 1 atom stereocenters. The molecule has 25 heavy (non-hydrogen) atoms. The highest BCUT2D eigenvalue weighted by Crippen LogP contribution is 2.25. The van der Waals surface area contributed by atoms with Crippen molar-refractivity contribution >= 4 is 0 Å². The maximum absolute atomic E-state index is 5.23. The van der Waals surface area contributed by atoms with Crippen molar-refractivity contribution < 1.29 is 4.74 Å². The summed E-state index contributed by atoms with van der Waals surface area (Å²) < 4.78 is 7.17. The molecule has 1 aliphatic heterocycles. The van der Waals surface area contributed by atoms with Crippen molar-refractivity contribution in [1.29, 1.82) is 0 Å². The molecule has 3 rings (SSSR count). The molecule has 0 spiro atoms. The lowest BCUT2D eigenvalue weighted by atomic mass is 10.1. The van der Waals surface area contributed by atoms with Gasteiger partial charge in [-0.3, -0.25) is 4.90 Å². The van der Waals surface area contributed by atoms with E-state index in [1.807, 2.05) is 16.8 Å². The third-order valence-electron chi connectivity index (χ3n) is 4.89. The lowest BCUT2D eigenvalue weighted by Gasteiger charge is -2.37. The van der Waals surface area contributed by atoms with Crippen molar-refractivity contribution in [2.75, 3.05) is 40.3 Å². The molecule has 0 unspecified atom stereocenters. The Hall–Kier alpha value is -1.99. The molecular weight excluding hydrogens is 316 g/mol. The van der Waals surface area contributed by atoms with E-state index in [1.54, 1.807) is 7.11 Å². The van der Waals surface area contributed by atoms with Crippen LogP contribution in [0.25, 0.3) is 0 Å². The fourth-order valence-corrected chi connectivity index (χ4v) is 3.35. The van der Waals surface area contributed by atoms with Gasteiger partial charge in [-0.25, -0.2) is 4.68 Å². The summed E-state index contributed by atoms with van der Waals surface area (Å²) in [5.41, 5.74) is 1.17. The Morgan fingerprint density at radius 2 is 1.84 bits per heavy atom. The highest BCUT2D eigenvalue weighted by molar-refractivity contribution is 5.27. The Morgan fingerprint density at radius 1 is 1.12 bits per heavy atom. The first kappa shape index (κ1) is 17.8. The first-order valence-corrected chi connectivity index (χ1v) is 9.03. The molecule has 0 amide bonds. The topological polar surface area (TPSA) is 59.3 Å². The van der Waals surface area contributed by atoms with Gasteiger partial charge in [0.25, 0.3) is 0 Å². The number of ether oxygens (including phenoxy) is 1. The number of tetrazole rings is 1. The highest BCUT2D eigenvalue weighted by Gasteiger charge is 2.27. The molecule has 7 heteroatoms. The second kappa shape index (κ2) is 8.40. The van der Waals surface area contributed by atoms with Gasteiger partial charge in [-0.05, 0) is 41.6 Å². The number of rotatable bonds is 7. The van der Waals surface area contributed by atoms with E-state index in [1.165, 1.54) is 5.56 Å². The van der Waals surface area contributed by atoms with E-state index < -0.39 is 0 Å². The van der Waals surface area contributed by atoms with Gasteiger partial charge in [0, 0.05) is 26.2 Å². The van der Waals surface area contributed by atoms with E-state index in [9.17, 15) is 0 Å². The van der Waals surface area contributed by atoms with Crippen LogP contribution < -0.4 is 4.74 Å². The Bertz CT molecular complexity index is 648. The minimum atomic E-state index is 0.284. The molecule has 1 aromatic heterocycles. The van der Waals surface area contributed by atoms with Gasteiger partial charge in [-0.1, -0.05) is 25.5 Å². The number of benzene rings is 1. The Labute approximate surface area is 149 Å². The monoisotopic (exact) mass is 344 g/mol. The molecular formula is C18H28N6O. The average Bonchev–Trinajstić information content (AvgIpc) is 3.09. The number of nitrogens with zero attached hydrogens (tertiary/aromatic N) is 6. The second-order valence-electron chi connectivity index (χ2n) is 6.69. The summed E-state index contributed by atoms with van der Waals surface area (Å²) in [4.78, 5) is 4.90. The third kappa shape index (κ3) is 4.35. The van der Waals surface area contributed by atoms with E-state index in [4.69, 9.17) is 4.74 Å². The van der Waals surface area contributed by atoms with Gasteiger partial charge < -0.3 is 9.64 Å². The van der Waals surface area contributed by atoms with Crippen molar-refractivity contribution in [2.24, 2.45) is 0 Å². The summed E-state index contributed by atoms with van der Waals surface area (Å²) in [7, 11) is 3.86. The summed E-state index contributed by atoms with van der Waals surface area (Å²) in [5, 5.41) is 12.6. The zero-order valence-corrected chi connectivity index (χ0v) is 15.4. The van der Waals surface area contributed by atoms with Crippen LogP contribution in [0.4, 0.5) is 0 Å². The van der Waals surface area contributed by atoms with Gasteiger partial charge in [-0.15, -0.1) is 5.10 Å². The van der Waals surface area contributed by atoms with E-state index in [2.05, 4.69) is 51.4 Å². The largest absolute Gasteiger partial charge is 0.497 e. The third-order valence-corrected chi connectivity index (χ3v) is 4.89. The molecule has 0 N–H and O–H groups in total. The van der Waals surface area contributed by atoms with E-state index in [0.717, 1.165) is 50.6 Å². The molecule has 2 heterocycles. The SMILES string of the molecule is CCC[C@@H](c1nnnn1Cc1ccc(OC)cc1)N1CCN(C)CC1. The molecule has 0 bridgehead atoms. The van der Waals surface area contributed by atoms with Gasteiger partial charge >= 0.3 is 0 Å². The molecule has 1 aromatic carbocycles. The van der Waals surface area contributed by atoms with E-state index in [-0.39, 0.29) is 6.04 Å². The van der Waals surface area contributed by atoms with Crippen LogP contribution in [0.1, 0.15) is 37.2 Å². The molecule has 1 fully saturated rings. The van der Waals surface area contributed by atoms with Crippen LogP contribution >= 0.6 is 0 Å². The lowest BCUT2D eigenvalue weighted by molar-refractivity contribution is 0.0996. The number of hydrogen-bond acceptors (Lipinski definition) is 6. The summed E-state index contributed by atoms with van der Waals surface area (Å²) >= 11 is 0. The summed E-state index contributed by atoms with van der Waals surface area (Å²) in [6.07, 6.45) is 2.19. The van der Waals surface area contributed by atoms with Crippen molar-refractivity contribution in [2.45, 2.75) is 32.4 Å². The first-order chi connectivity index (χ1) is 12.2. The summed E-state index contributed by atoms with van der Waals surface area (Å²) in [6, 6.07) is 8.36. The number of likely N-dealkylation sites (N-methyl/N-ethyl adjacent to an activating group) is 1. The maximum atomic E-state index is 5.23. The number of piperazine rings is 1. The van der Waals surface area contributed by atoms with Crippen LogP contribution in [-0.2, 0) is 6.54 Å². The molecule has 1 aliphatic rings. The van der Waals surface area contributed by atoms with Crippen molar-refractivity contribution in [3.63, 3.8) is 0 Å². The first-order valence-electron chi connectivity index (χ1n) is 9.03. The normalized spacial score (nSPS) is 17.6. The zero-order chi connectivity index (χ0) is 17.6. The van der Waals surface area contributed by atoms with Crippen LogP contribution in [0.2, 0.25) is 0 Å². The molecule has 0 saturated carbocycles. The Balaban J connectivity index is 1.77. The fourth-order valence-electron chi connectivity index (χ4n) is 3.35. The Kier molecular flexibility index (Phi) is 5.99. The molecule has 1 saturated heterocycles. The van der Waals surface area contributed by atoms with Crippen molar-refractivity contribution in [1.82, 2.24) is 30.0 Å². The smallest absolute Gasteiger partial charge is 0.168 e. The highest BCUT2D eigenvalue weighted by atomic mass is 16.5. The Morgan fingerprint density at radius 3 is 2.48 bits per heavy atom. The predicted molar refractivity (Wildman–Crippen MR) is 96.6 cm³/mol.